The normalized spacial score (nSPS) is 16.2. The van der Waals surface area contributed by atoms with Crippen LogP contribution in [0.15, 0.2) is 0 Å². The van der Waals surface area contributed by atoms with Crippen molar-refractivity contribution in [3.8, 4) is 0 Å². The fourth-order valence-electron chi connectivity index (χ4n) is 0. The first-order valence-corrected chi connectivity index (χ1v) is 3.95. The zero-order valence-corrected chi connectivity index (χ0v) is 6.13. The Balaban J connectivity index is 4.02. The first kappa shape index (κ1) is 8.22. The first-order valence-electron chi connectivity index (χ1n) is 2.32. The van der Waals surface area contributed by atoms with Gasteiger partial charge in [-0.15, -0.1) is 0 Å². The molecule has 0 N–H and O–H groups in total. The number of hydrogen-bond acceptors (Lipinski definition) is 0. The molecule has 0 aromatic heterocycles. The third-order valence-electron chi connectivity index (χ3n) is 0.850. The number of halogens is 3. The molecule has 0 aromatic carbocycles. The van der Waals surface area contributed by atoms with Crippen molar-refractivity contribution in [2.24, 2.45) is 0 Å². The fourth-order valence-corrected chi connectivity index (χ4v) is 0. The summed E-state index contributed by atoms with van der Waals surface area (Å²) in [5.74, 6) is 0. The maximum absolute atomic E-state index is 11.7. The van der Waals surface area contributed by atoms with Gasteiger partial charge in [0.2, 0.25) is 0 Å². The molecule has 0 amide bonds. The van der Waals surface area contributed by atoms with Crippen molar-refractivity contribution in [2.75, 3.05) is 0 Å². The van der Waals surface area contributed by atoms with E-state index in [1.807, 2.05) is 0 Å². The van der Waals surface area contributed by atoms with E-state index in [9.17, 15) is 12.6 Å². The molecule has 0 spiro atoms. The van der Waals surface area contributed by atoms with E-state index in [0.717, 1.165) is 0 Å². The standard InChI is InChI=1S/C4H10F3P/c1-4(2,3)8(5,6)7/h8H,1-3H3. The van der Waals surface area contributed by atoms with Gasteiger partial charge in [-0.3, -0.25) is 0 Å². The molecule has 0 aliphatic rings. The Bertz CT molecular complexity index is 66.3. The molecule has 0 rings (SSSR count). The average Bonchev–Trinajstić information content (AvgIpc) is 1.25. The van der Waals surface area contributed by atoms with Crippen LogP contribution in [-0.2, 0) is 0 Å². The van der Waals surface area contributed by atoms with E-state index in [1.165, 1.54) is 20.8 Å². The Morgan fingerprint density at radius 2 is 1.12 bits per heavy atom. The minimum atomic E-state index is -5.36. The van der Waals surface area contributed by atoms with Crippen molar-refractivity contribution in [1.29, 1.82) is 0 Å². The summed E-state index contributed by atoms with van der Waals surface area (Å²) in [4.78, 5) is 0. The number of rotatable bonds is 0. The fraction of sp³-hybridized carbons (Fsp3) is 1.00. The van der Waals surface area contributed by atoms with E-state index in [4.69, 9.17) is 0 Å². The van der Waals surface area contributed by atoms with Crippen molar-refractivity contribution < 1.29 is 12.6 Å². The molecular formula is C4H10F3P. The van der Waals surface area contributed by atoms with Crippen molar-refractivity contribution in [3.63, 3.8) is 0 Å². The van der Waals surface area contributed by atoms with Gasteiger partial charge in [0.15, 0.2) is 0 Å². The topological polar surface area (TPSA) is 0 Å². The molecule has 0 saturated heterocycles. The molecule has 0 unspecified atom stereocenters. The monoisotopic (exact) mass is 146 g/mol. The van der Waals surface area contributed by atoms with E-state index in [-0.39, 0.29) is 0 Å². The van der Waals surface area contributed by atoms with Gasteiger partial charge in [0.25, 0.3) is 0 Å². The second kappa shape index (κ2) is 1.87. The van der Waals surface area contributed by atoms with Crippen LogP contribution in [0.5, 0.6) is 0 Å². The summed E-state index contributed by atoms with van der Waals surface area (Å²) < 4.78 is 35.1. The van der Waals surface area contributed by atoms with E-state index in [2.05, 4.69) is 0 Å². The van der Waals surface area contributed by atoms with E-state index in [1.54, 1.807) is 0 Å². The van der Waals surface area contributed by atoms with Gasteiger partial charge in [0.05, 0.1) is 0 Å². The molecule has 0 saturated carbocycles. The van der Waals surface area contributed by atoms with E-state index < -0.39 is 13.4 Å². The van der Waals surface area contributed by atoms with Gasteiger partial charge < -0.3 is 0 Å². The molecule has 0 heterocycles. The van der Waals surface area contributed by atoms with Crippen LogP contribution in [0, 0.1) is 0 Å². The molecule has 52 valence electrons. The van der Waals surface area contributed by atoms with Gasteiger partial charge >= 0.3 is 46.7 Å². The summed E-state index contributed by atoms with van der Waals surface area (Å²) in [6.07, 6.45) is 0. The predicted octanol–water partition coefficient (Wildman–Crippen LogP) is 3.19. The summed E-state index contributed by atoms with van der Waals surface area (Å²) in [5, 5.41) is -1.42. The van der Waals surface area contributed by atoms with Crippen LogP contribution < -0.4 is 0 Å². The van der Waals surface area contributed by atoms with Crippen LogP contribution in [0.1, 0.15) is 20.8 Å². The average molecular weight is 146 g/mol. The second-order valence-electron chi connectivity index (χ2n) is 2.75. The molecule has 0 aliphatic heterocycles. The predicted molar refractivity (Wildman–Crippen MR) is 31.4 cm³/mol. The van der Waals surface area contributed by atoms with Crippen LogP contribution >= 0.6 is 8.19 Å². The van der Waals surface area contributed by atoms with Crippen molar-refractivity contribution in [3.05, 3.63) is 0 Å². The second-order valence-corrected chi connectivity index (χ2v) is 5.24. The Labute approximate surface area is 47.8 Å². The van der Waals surface area contributed by atoms with Crippen LogP contribution in [-0.4, -0.2) is 5.16 Å². The maximum atomic E-state index is 11.7. The summed E-state index contributed by atoms with van der Waals surface area (Å²) >= 11 is 0. The summed E-state index contributed by atoms with van der Waals surface area (Å²) in [7, 11) is -5.36. The van der Waals surface area contributed by atoms with Crippen molar-refractivity contribution >= 4 is 8.19 Å². The molecule has 0 aromatic rings. The Hall–Kier alpha value is 0.220. The van der Waals surface area contributed by atoms with Crippen LogP contribution in [0.3, 0.4) is 0 Å². The van der Waals surface area contributed by atoms with Crippen LogP contribution in [0.4, 0.5) is 12.6 Å². The molecule has 0 radical (unpaired) electrons. The van der Waals surface area contributed by atoms with Crippen molar-refractivity contribution in [1.82, 2.24) is 0 Å². The zero-order chi connectivity index (χ0) is 7.00. The van der Waals surface area contributed by atoms with Gasteiger partial charge in [-0.25, -0.2) is 0 Å². The molecule has 0 atom stereocenters. The Kier molecular flexibility index (Phi) is 1.92. The third kappa shape index (κ3) is 1.99. The number of hydrogen-bond donors (Lipinski definition) is 0. The van der Waals surface area contributed by atoms with E-state index in [0.29, 0.717) is 0 Å². The molecule has 8 heavy (non-hydrogen) atoms. The van der Waals surface area contributed by atoms with Gasteiger partial charge in [-0.1, -0.05) is 0 Å². The minimum absolute atomic E-state index is 1.21. The summed E-state index contributed by atoms with van der Waals surface area (Å²) in [6.45, 7) is 3.62. The quantitative estimate of drug-likeness (QED) is 0.460. The first-order chi connectivity index (χ1) is 3.25. The molecular weight excluding hydrogens is 136 g/mol. The van der Waals surface area contributed by atoms with Gasteiger partial charge in [-0.05, 0) is 0 Å². The Morgan fingerprint density at radius 3 is 1.12 bits per heavy atom. The molecule has 0 aliphatic carbocycles. The molecule has 0 fully saturated rings. The van der Waals surface area contributed by atoms with Gasteiger partial charge in [0.1, 0.15) is 0 Å². The SMILES string of the molecule is CC(C)(C)[PH](F)(F)F. The van der Waals surface area contributed by atoms with Crippen LogP contribution in [0.25, 0.3) is 0 Å². The van der Waals surface area contributed by atoms with E-state index >= 15 is 0 Å². The van der Waals surface area contributed by atoms with Gasteiger partial charge in [0, 0.05) is 0 Å². The summed E-state index contributed by atoms with van der Waals surface area (Å²) in [5.41, 5.74) is 0. The Morgan fingerprint density at radius 1 is 1.00 bits per heavy atom. The third-order valence-corrected chi connectivity index (χ3v) is 2.55. The molecule has 0 nitrogen and oxygen atoms in total. The van der Waals surface area contributed by atoms with Gasteiger partial charge in [-0.2, -0.15) is 0 Å². The van der Waals surface area contributed by atoms with Crippen LogP contribution in [0.2, 0.25) is 0 Å². The molecule has 4 heteroatoms. The molecule has 0 bridgehead atoms. The zero-order valence-electron chi connectivity index (χ0n) is 5.13. The summed E-state index contributed by atoms with van der Waals surface area (Å²) in [6, 6.07) is 0. The van der Waals surface area contributed by atoms with Crippen molar-refractivity contribution in [2.45, 2.75) is 25.9 Å².